The van der Waals surface area contributed by atoms with E-state index < -0.39 is 6.43 Å². The Bertz CT molecular complexity index is 1340. The third kappa shape index (κ3) is 3.56. The number of aryl methyl sites for hydroxylation is 1. The molecule has 1 saturated carbocycles. The van der Waals surface area contributed by atoms with Crippen LogP contribution in [0.25, 0.3) is 22.1 Å². The number of rotatable bonds is 4. The molecule has 1 amide bonds. The Balaban J connectivity index is 1.33. The molecular formula is C21H18F2N6OS. The van der Waals surface area contributed by atoms with Crippen LogP contribution in [-0.2, 0) is 0 Å². The highest BCUT2D eigenvalue weighted by atomic mass is 32.1. The minimum atomic E-state index is -2.68. The van der Waals surface area contributed by atoms with Crippen molar-refractivity contribution in [2.75, 3.05) is 7.05 Å². The number of fused-ring (bicyclic) bond motifs is 2. The molecule has 1 fully saturated rings. The van der Waals surface area contributed by atoms with Gasteiger partial charge in [-0.2, -0.15) is 14.6 Å². The molecule has 0 aliphatic heterocycles. The van der Waals surface area contributed by atoms with Crippen molar-refractivity contribution in [3.05, 3.63) is 58.1 Å². The monoisotopic (exact) mass is 440 g/mol. The van der Waals surface area contributed by atoms with Gasteiger partial charge in [0.1, 0.15) is 12.0 Å². The Morgan fingerprint density at radius 2 is 2.10 bits per heavy atom. The average Bonchev–Trinajstić information content (AvgIpc) is 3.33. The van der Waals surface area contributed by atoms with E-state index >= 15 is 0 Å². The summed E-state index contributed by atoms with van der Waals surface area (Å²) in [6.45, 7) is 1.95. The van der Waals surface area contributed by atoms with Crippen LogP contribution in [-0.4, -0.2) is 48.5 Å². The molecule has 0 unspecified atom stereocenters. The average molecular weight is 440 g/mol. The Morgan fingerprint density at radius 1 is 1.29 bits per heavy atom. The number of amides is 1. The second-order valence-corrected chi connectivity index (χ2v) is 8.81. The predicted octanol–water partition coefficient (Wildman–Crippen LogP) is 4.30. The standard InChI is InChI=1S/C21H18F2N6OS/c1-11-26-16-4-3-13(8-18(16)31-11)20(30)28(2)14-5-12(6-14)7-15-9-17(19(22)23)27-21-24-10-25-29(15)21/h3-4,7-10,14,19H,5-6H2,1-2H3. The lowest BCUT2D eigenvalue weighted by Gasteiger charge is -2.37. The van der Waals surface area contributed by atoms with Gasteiger partial charge in [-0.05, 0) is 50.1 Å². The highest BCUT2D eigenvalue weighted by Crippen LogP contribution is 2.33. The lowest BCUT2D eigenvalue weighted by Crippen LogP contribution is -2.42. The van der Waals surface area contributed by atoms with Crippen molar-refractivity contribution >= 4 is 39.3 Å². The molecule has 4 aromatic rings. The van der Waals surface area contributed by atoms with E-state index in [0.29, 0.717) is 24.1 Å². The number of hydrogen-bond donors (Lipinski definition) is 0. The van der Waals surface area contributed by atoms with E-state index in [1.54, 1.807) is 29.4 Å². The van der Waals surface area contributed by atoms with Gasteiger partial charge in [0.25, 0.3) is 18.1 Å². The van der Waals surface area contributed by atoms with Gasteiger partial charge >= 0.3 is 0 Å². The normalized spacial score (nSPS) is 16.2. The van der Waals surface area contributed by atoms with E-state index in [4.69, 9.17) is 0 Å². The molecule has 3 aromatic heterocycles. The molecule has 0 N–H and O–H groups in total. The number of nitrogens with zero attached hydrogens (tertiary/aromatic N) is 6. The summed E-state index contributed by atoms with van der Waals surface area (Å²) in [4.78, 5) is 26.8. The molecule has 158 valence electrons. The lowest BCUT2D eigenvalue weighted by molar-refractivity contribution is 0.0699. The molecular weight excluding hydrogens is 422 g/mol. The molecule has 7 nitrogen and oxygen atoms in total. The van der Waals surface area contributed by atoms with Crippen molar-refractivity contribution in [3.63, 3.8) is 0 Å². The highest BCUT2D eigenvalue weighted by Gasteiger charge is 2.30. The van der Waals surface area contributed by atoms with E-state index in [2.05, 4.69) is 20.1 Å². The maximum atomic E-state index is 13.1. The van der Waals surface area contributed by atoms with Gasteiger partial charge in [-0.25, -0.2) is 18.7 Å². The summed E-state index contributed by atoms with van der Waals surface area (Å²) in [5, 5.41) is 5.03. The second kappa shape index (κ2) is 7.45. The lowest BCUT2D eigenvalue weighted by atomic mass is 9.84. The Kier molecular flexibility index (Phi) is 4.73. The SMILES string of the molecule is Cc1nc2ccc(C(=O)N(C)C3CC(=Cc4cc(C(F)F)nc5ncnn45)C3)cc2s1. The number of thiazole rings is 1. The summed E-state index contributed by atoms with van der Waals surface area (Å²) in [6.07, 6.45) is 1.78. The summed E-state index contributed by atoms with van der Waals surface area (Å²) in [6, 6.07) is 6.95. The van der Waals surface area contributed by atoms with E-state index in [1.165, 1.54) is 16.9 Å². The van der Waals surface area contributed by atoms with Crippen molar-refractivity contribution in [2.24, 2.45) is 0 Å². The molecule has 1 aliphatic carbocycles. The van der Waals surface area contributed by atoms with Gasteiger partial charge in [-0.15, -0.1) is 11.3 Å². The first kappa shape index (κ1) is 19.7. The van der Waals surface area contributed by atoms with Crippen LogP contribution in [0.3, 0.4) is 0 Å². The number of aromatic nitrogens is 5. The van der Waals surface area contributed by atoms with Crippen LogP contribution in [0.5, 0.6) is 0 Å². The van der Waals surface area contributed by atoms with Gasteiger partial charge in [-0.3, -0.25) is 4.79 Å². The molecule has 0 spiro atoms. The van der Waals surface area contributed by atoms with E-state index in [-0.39, 0.29) is 23.4 Å². The third-order valence-corrected chi connectivity index (χ3v) is 6.41. The first-order valence-corrected chi connectivity index (χ1v) is 10.5. The Hall–Kier alpha value is -3.27. The summed E-state index contributed by atoms with van der Waals surface area (Å²) >= 11 is 1.57. The largest absolute Gasteiger partial charge is 0.338 e. The topological polar surface area (TPSA) is 76.3 Å². The first-order valence-electron chi connectivity index (χ1n) is 9.71. The quantitative estimate of drug-likeness (QED) is 0.473. The zero-order chi connectivity index (χ0) is 21.7. The molecule has 1 aliphatic rings. The molecule has 1 aromatic carbocycles. The van der Waals surface area contributed by atoms with Gasteiger partial charge in [0.15, 0.2) is 0 Å². The molecule has 10 heteroatoms. The molecule has 0 saturated heterocycles. The number of alkyl halides is 2. The van der Waals surface area contributed by atoms with Crippen LogP contribution in [0, 0.1) is 6.92 Å². The summed E-state index contributed by atoms with van der Waals surface area (Å²) in [7, 11) is 1.79. The molecule has 5 rings (SSSR count). The molecule has 31 heavy (non-hydrogen) atoms. The Labute approximate surface area is 180 Å². The van der Waals surface area contributed by atoms with Gasteiger partial charge in [-0.1, -0.05) is 5.57 Å². The van der Waals surface area contributed by atoms with Crippen LogP contribution >= 0.6 is 11.3 Å². The fourth-order valence-corrected chi connectivity index (χ4v) is 4.62. The minimum Gasteiger partial charge on any atom is -0.338 e. The number of benzene rings is 1. The van der Waals surface area contributed by atoms with Crippen LogP contribution in [0.4, 0.5) is 8.78 Å². The fourth-order valence-electron chi connectivity index (χ4n) is 3.76. The zero-order valence-corrected chi connectivity index (χ0v) is 17.6. The summed E-state index contributed by atoms with van der Waals surface area (Å²) in [5.74, 6) is 0.0982. The van der Waals surface area contributed by atoms with E-state index in [1.807, 2.05) is 25.1 Å². The van der Waals surface area contributed by atoms with Crippen molar-refractivity contribution in [1.82, 2.24) is 29.5 Å². The van der Waals surface area contributed by atoms with E-state index in [9.17, 15) is 13.6 Å². The number of hydrogen-bond acceptors (Lipinski definition) is 6. The van der Waals surface area contributed by atoms with Crippen molar-refractivity contribution in [1.29, 1.82) is 0 Å². The smallest absolute Gasteiger partial charge is 0.280 e. The van der Waals surface area contributed by atoms with Crippen molar-refractivity contribution < 1.29 is 13.6 Å². The van der Waals surface area contributed by atoms with Gasteiger partial charge in [0, 0.05) is 18.7 Å². The van der Waals surface area contributed by atoms with Crippen molar-refractivity contribution in [2.45, 2.75) is 32.2 Å². The maximum absolute atomic E-state index is 13.1. The predicted molar refractivity (Wildman–Crippen MR) is 113 cm³/mol. The maximum Gasteiger partial charge on any atom is 0.280 e. The fraction of sp³-hybridized carbons (Fsp3) is 0.286. The summed E-state index contributed by atoms with van der Waals surface area (Å²) < 4.78 is 28.7. The van der Waals surface area contributed by atoms with Gasteiger partial charge in [0.2, 0.25) is 0 Å². The molecule has 0 bridgehead atoms. The zero-order valence-electron chi connectivity index (χ0n) is 16.8. The van der Waals surface area contributed by atoms with Gasteiger partial charge in [0.05, 0.1) is 20.9 Å². The molecule has 3 heterocycles. The van der Waals surface area contributed by atoms with Crippen LogP contribution in [0.15, 0.2) is 36.2 Å². The first-order chi connectivity index (χ1) is 14.9. The Morgan fingerprint density at radius 3 is 2.87 bits per heavy atom. The van der Waals surface area contributed by atoms with Crippen molar-refractivity contribution in [3.8, 4) is 0 Å². The second-order valence-electron chi connectivity index (χ2n) is 7.57. The highest BCUT2D eigenvalue weighted by molar-refractivity contribution is 7.18. The van der Waals surface area contributed by atoms with Crippen LogP contribution in [0.1, 0.15) is 46.0 Å². The number of carbonyl (C=O) groups excluding carboxylic acids is 1. The van der Waals surface area contributed by atoms with Gasteiger partial charge < -0.3 is 4.90 Å². The number of carbonyl (C=O) groups is 1. The third-order valence-electron chi connectivity index (χ3n) is 5.48. The minimum absolute atomic E-state index is 0.0421. The summed E-state index contributed by atoms with van der Waals surface area (Å²) in [5.41, 5.74) is 2.77. The van der Waals surface area contributed by atoms with E-state index in [0.717, 1.165) is 20.8 Å². The molecule has 0 radical (unpaired) electrons. The molecule has 0 atom stereocenters. The number of halogens is 2. The van der Waals surface area contributed by atoms with Crippen LogP contribution < -0.4 is 0 Å². The van der Waals surface area contributed by atoms with Crippen LogP contribution in [0.2, 0.25) is 0 Å².